The van der Waals surface area contributed by atoms with Gasteiger partial charge in [-0.2, -0.15) is 0 Å². The molecule has 0 bridgehead atoms. The van der Waals surface area contributed by atoms with E-state index in [-0.39, 0.29) is 5.56 Å². The molecule has 1 aliphatic rings. The lowest BCUT2D eigenvalue weighted by Crippen LogP contribution is -2.22. The van der Waals surface area contributed by atoms with E-state index >= 15 is 0 Å². The molecule has 0 aromatic carbocycles. The van der Waals surface area contributed by atoms with Crippen LogP contribution in [0, 0.1) is 4.77 Å². The van der Waals surface area contributed by atoms with Crippen LogP contribution >= 0.6 is 23.6 Å². The number of thiophene rings is 1. The predicted molar refractivity (Wildman–Crippen MR) is 127 cm³/mol. The molecule has 30 heavy (non-hydrogen) atoms. The Morgan fingerprint density at radius 1 is 1.00 bits per heavy atom. The SMILES string of the molecule is CCCCCCCCCCCc1nc(=S)[nH]c2nc3sc4c(c3c(=O)n12)CCCC4. The normalized spacial score (nSPS) is 13.9. The van der Waals surface area contributed by atoms with Gasteiger partial charge >= 0.3 is 0 Å². The van der Waals surface area contributed by atoms with E-state index in [0.29, 0.717) is 10.5 Å². The monoisotopic (exact) mass is 444 g/mol. The second-order valence-corrected chi connectivity index (χ2v) is 9.97. The summed E-state index contributed by atoms with van der Waals surface area (Å²) in [5, 5.41) is 0.813. The maximum Gasteiger partial charge on any atom is 0.269 e. The van der Waals surface area contributed by atoms with Crippen LogP contribution in [0.15, 0.2) is 4.79 Å². The number of rotatable bonds is 10. The summed E-state index contributed by atoms with van der Waals surface area (Å²) in [6.07, 6.45) is 16.6. The quantitative estimate of drug-likeness (QED) is 0.294. The van der Waals surface area contributed by atoms with Crippen molar-refractivity contribution in [1.29, 1.82) is 0 Å². The summed E-state index contributed by atoms with van der Waals surface area (Å²) >= 11 is 7.01. The van der Waals surface area contributed by atoms with Gasteiger partial charge in [0.15, 0.2) is 0 Å². The molecule has 1 N–H and O–H groups in total. The first-order valence-electron chi connectivity index (χ1n) is 11.6. The molecular weight excluding hydrogens is 412 g/mol. The van der Waals surface area contributed by atoms with Gasteiger partial charge in [0, 0.05) is 11.3 Å². The molecule has 1 aliphatic carbocycles. The highest BCUT2D eigenvalue weighted by Crippen LogP contribution is 2.33. The molecule has 0 fully saturated rings. The van der Waals surface area contributed by atoms with Gasteiger partial charge in [0.2, 0.25) is 10.5 Å². The molecule has 5 nitrogen and oxygen atoms in total. The fourth-order valence-electron chi connectivity index (χ4n) is 4.58. The molecule has 162 valence electrons. The molecule has 3 aromatic rings. The van der Waals surface area contributed by atoms with Gasteiger partial charge in [-0.1, -0.05) is 58.3 Å². The lowest BCUT2D eigenvalue weighted by molar-refractivity contribution is 0.560. The zero-order valence-electron chi connectivity index (χ0n) is 18.0. The van der Waals surface area contributed by atoms with Crippen molar-refractivity contribution in [2.45, 2.75) is 96.8 Å². The summed E-state index contributed by atoms with van der Waals surface area (Å²) in [5.41, 5.74) is 1.25. The van der Waals surface area contributed by atoms with Crippen LogP contribution in [0.25, 0.3) is 16.0 Å². The summed E-state index contributed by atoms with van der Waals surface area (Å²) in [7, 11) is 0. The number of nitrogens with zero attached hydrogens (tertiary/aromatic N) is 3. The molecular formula is C23H32N4OS2. The van der Waals surface area contributed by atoms with Crippen LogP contribution in [0.2, 0.25) is 0 Å². The summed E-state index contributed by atoms with van der Waals surface area (Å²) < 4.78 is 2.10. The molecule has 0 saturated heterocycles. The molecule has 0 unspecified atom stereocenters. The lowest BCUT2D eigenvalue weighted by atomic mass is 9.97. The molecule has 3 aromatic heterocycles. The number of fused-ring (bicyclic) bond motifs is 4. The minimum Gasteiger partial charge on any atom is -0.300 e. The Labute approximate surface area is 187 Å². The van der Waals surface area contributed by atoms with Gasteiger partial charge in [-0.05, 0) is 49.9 Å². The average molecular weight is 445 g/mol. The molecule has 0 amide bonds. The van der Waals surface area contributed by atoms with Crippen molar-refractivity contribution in [2.24, 2.45) is 0 Å². The van der Waals surface area contributed by atoms with Gasteiger partial charge in [0.05, 0.1) is 5.39 Å². The Bertz CT molecular complexity index is 1130. The van der Waals surface area contributed by atoms with Crippen molar-refractivity contribution in [3.05, 3.63) is 31.4 Å². The summed E-state index contributed by atoms with van der Waals surface area (Å²) in [5.74, 6) is 1.30. The average Bonchev–Trinajstić information content (AvgIpc) is 3.10. The van der Waals surface area contributed by atoms with Crippen molar-refractivity contribution >= 4 is 39.5 Å². The third-order valence-corrected chi connectivity index (χ3v) is 7.58. The number of hydrogen-bond donors (Lipinski definition) is 1. The van der Waals surface area contributed by atoms with Crippen LogP contribution in [0.3, 0.4) is 0 Å². The smallest absolute Gasteiger partial charge is 0.269 e. The third kappa shape index (κ3) is 4.67. The molecule has 0 aliphatic heterocycles. The highest BCUT2D eigenvalue weighted by atomic mass is 32.1. The van der Waals surface area contributed by atoms with Crippen molar-refractivity contribution in [3.63, 3.8) is 0 Å². The first kappa shape index (κ1) is 21.6. The Morgan fingerprint density at radius 3 is 2.47 bits per heavy atom. The Morgan fingerprint density at radius 2 is 1.70 bits per heavy atom. The van der Waals surface area contributed by atoms with Crippen molar-refractivity contribution in [2.75, 3.05) is 0 Å². The molecule has 4 rings (SSSR count). The van der Waals surface area contributed by atoms with Gasteiger partial charge in [0.25, 0.3) is 5.56 Å². The minimum atomic E-state index is 0.0269. The summed E-state index contributed by atoms with van der Waals surface area (Å²) in [4.78, 5) is 28.0. The first-order chi connectivity index (χ1) is 14.7. The molecule has 0 spiro atoms. The highest BCUT2D eigenvalue weighted by Gasteiger charge is 2.21. The summed E-state index contributed by atoms with van der Waals surface area (Å²) in [6, 6.07) is 0. The van der Waals surface area contributed by atoms with E-state index in [0.717, 1.165) is 48.1 Å². The van der Waals surface area contributed by atoms with Crippen molar-refractivity contribution in [3.8, 4) is 0 Å². The van der Waals surface area contributed by atoms with Crippen LogP contribution in [0.1, 0.15) is 93.8 Å². The van der Waals surface area contributed by atoms with Crippen molar-refractivity contribution < 1.29 is 0 Å². The number of aryl methyl sites for hydroxylation is 3. The maximum atomic E-state index is 13.4. The molecule has 0 saturated carbocycles. The van der Waals surface area contributed by atoms with Crippen molar-refractivity contribution in [1.82, 2.24) is 19.4 Å². The van der Waals surface area contributed by atoms with Crippen LogP contribution in [0.5, 0.6) is 0 Å². The van der Waals surface area contributed by atoms with Crippen LogP contribution in [0.4, 0.5) is 0 Å². The van der Waals surface area contributed by atoms with E-state index in [1.54, 1.807) is 15.7 Å². The Kier molecular flexibility index (Phi) is 7.31. The lowest BCUT2D eigenvalue weighted by Gasteiger charge is -2.11. The predicted octanol–water partition coefficient (Wildman–Crippen LogP) is 6.31. The Hall–Kier alpha value is -1.60. The van der Waals surface area contributed by atoms with Crippen LogP contribution < -0.4 is 5.56 Å². The number of nitrogens with one attached hydrogen (secondary N) is 1. The molecule has 7 heteroatoms. The maximum absolute atomic E-state index is 13.4. The minimum absolute atomic E-state index is 0.0269. The number of H-pyrrole nitrogens is 1. The molecule has 0 radical (unpaired) electrons. The summed E-state index contributed by atoms with van der Waals surface area (Å²) in [6.45, 7) is 2.26. The number of aromatic amines is 1. The van der Waals surface area contributed by atoms with E-state index in [4.69, 9.17) is 17.2 Å². The largest absolute Gasteiger partial charge is 0.300 e. The topological polar surface area (TPSA) is 63.0 Å². The van der Waals surface area contributed by atoms with E-state index in [1.165, 1.54) is 68.2 Å². The standard InChI is InChI=1S/C23H32N4OS2/c1-2-3-4-5-6-7-8-9-10-15-18-24-23(29)26-22-25-20-19(21(28)27(18)22)16-13-11-12-14-17(16)30-20/h2-15H2,1H3,(H,25,26,29). The van der Waals surface area contributed by atoms with E-state index < -0.39 is 0 Å². The van der Waals surface area contributed by atoms with Gasteiger partial charge in [0.1, 0.15) is 10.7 Å². The van der Waals surface area contributed by atoms with Gasteiger partial charge in [-0.15, -0.1) is 11.3 Å². The number of unbranched alkanes of at least 4 members (excludes halogenated alkanes) is 8. The van der Waals surface area contributed by atoms with Gasteiger partial charge < -0.3 is 4.98 Å². The van der Waals surface area contributed by atoms with Gasteiger partial charge in [-0.3, -0.25) is 4.79 Å². The third-order valence-electron chi connectivity index (χ3n) is 6.20. The van der Waals surface area contributed by atoms with Gasteiger partial charge in [-0.25, -0.2) is 14.4 Å². The van der Waals surface area contributed by atoms with E-state index in [9.17, 15) is 4.79 Å². The first-order valence-corrected chi connectivity index (χ1v) is 12.9. The highest BCUT2D eigenvalue weighted by molar-refractivity contribution is 7.71. The fourth-order valence-corrected chi connectivity index (χ4v) is 6.03. The number of aromatic nitrogens is 4. The van der Waals surface area contributed by atoms with E-state index in [1.807, 2.05) is 0 Å². The van der Waals surface area contributed by atoms with Crippen LogP contribution in [-0.2, 0) is 19.3 Å². The van der Waals surface area contributed by atoms with E-state index in [2.05, 4.69) is 16.9 Å². The second kappa shape index (κ2) is 10.1. The second-order valence-electron chi connectivity index (χ2n) is 8.50. The molecule has 0 atom stereocenters. The zero-order chi connectivity index (χ0) is 20.9. The number of hydrogen-bond acceptors (Lipinski definition) is 5. The fraction of sp³-hybridized carbons (Fsp3) is 0.652. The Balaban J connectivity index is 1.50. The molecule has 3 heterocycles. The zero-order valence-corrected chi connectivity index (χ0v) is 19.6. The van der Waals surface area contributed by atoms with Crippen LogP contribution in [-0.4, -0.2) is 19.4 Å².